The van der Waals surface area contributed by atoms with Crippen LogP contribution in [-0.4, -0.2) is 113 Å². The molecule has 4 fully saturated rings. The first-order chi connectivity index (χ1) is 26.3. The molecule has 2 saturated heterocycles. The summed E-state index contributed by atoms with van der Waals surface area (Å²) in [4.78, 5) is 20.9. The molecule has 2 aromatic rings. The van der Waals surface area contributed by atoms with Crippen molar-refractivity contribution in [3.05, 3.63) is 69.8 Å². The number of benzene rings is 2. The van der Waals surface area contributed by atoms with Gasteiger partial charge in [-0.2, -0.15) is 0 Å². The maximum Gasteiger partial charge on any atom is 0.264 e. The highest BCUT2D eigenvalue weighted by Gasteiger charge is 2.70. The van der Waals surface area contributed by atoms with Crippen molar-refractivity contribution in [2.24, 2.45) is 17.8 Å². The second kappa shape index (κ2) is 15.2. The fraction of sp³-hybridized carbons (Fsp3) is 0.634. The SMILES string of the molecule is CCO[C@]12C(=CC[C@H](C)[C@@H](C)S(=O)(=O)NC(=O)c3ccc4c(c3)N(CCCCc3cc(Cl)ccc3CO4)C[C@@H]3CC[C@H]31)C2N1CCN2CCS(=O)(=O)C[C@H]2C1. The monoisotopic (exact) mass is 814 g/mol. The third-order valence-corrected chi connectivity index (χ3v) is 17.3. The predicted molar refractivity (Wildman–Crippen MR) is 215 cm³/mol. The molecule has 0 spiro atoms. The maximum atomic E-state index is 13.7. The van der Waals surface area contributed by atoms with Gasteiger partial charge in [-0.05, 0) is 117 Å². The second-order valence-electron chi connectivity index (χ2n) is 16.7. The van der Waals surface area contributed by atoms with E-state index in [0.717, 1.165) is 69.5 Å². The highest BCUT2D eigenvalue weighted by atomic mass is 35.5. The van der Waals surface area contributed by atoms with E-state index in [2.05, 4.69) is 25.5 Å². The number of fused-ring (bicyclic) bond motifs is 6. The summed E-state index contributed by atoms with van der Waals surface area (Å²) in [6.45, 7) is 10.9. The van der Waals surface area contributed by atoms with Crippen molar-refractivity contribution in [2.75, 3.05) is 62.3 Å². The van der Waals surface area contributed by atoms with Crippen LogP contribution in [0.25, 0.3) is 0 Å². The zero-order chi connectivity index (χ0) is 38.7. The normalized spacial score (nSPS) is 33.8. The molecule has 55 heavy (non-hydrogen) atoms. The van der Waals surface area contributed by atoms with E-state index in [1.165, 1.54) is 11.1 Å². The first-order valence-electron chi connectivity index (χ1n) is 20.2. The molecule has 300 valence electrons. The smallest absolute Gasteiger partial charge is 0.264 e. The fourth-order valence-electron chi connectivity index (χ4n) is 10.0. The van der Waals surface area contributed by atoms with Crippen LogP contribution in [0.3, 0.4) is 0 Å². The summed E-state index contributed by atoms with van der Waals surface area (Å²) in [7, 11) is -7.11. The summed E-state index contributed by atoms with van der Waals surface area (Å²) in [5, 5.41) is -0.133. The molecule has 14 heteroatoms. The molecule has 1 unspecified atom stereocenters. The molecule has 2 aliphatic carbocycles. The molecular weight excluding hydrogens is 760 g/mol. The Bertz CT molecular complexity index is 2060. The van der Waals surface area contributed by atoms with Crippen molar-refractivity contribution in [3.63, 3.8) is 0 Å². The number of sulfone groups is 1. The van der Waals surface area contributed by atoms with Crippen LogP contribution in [0.15, 0.2) is 48.0 Å². The number of nitrogens with one attached hydrogen (secondary N) is 1. The van der Waals surface area contributed by atoms with Crippen molar-refractivity contribution >= 4 is 43.1 Å². The molecule has 8 rings (SSSR count). The molecule has 4 heterocycles. The van der Waals surface area contributed by atoms with Crippen LogP contribution in [0.4, 0.5) is 5.69 Å². The van der Waals surface area contributed by atoms with Gasteiger partial charge in [0.05, 0.1) is 28.5 Å². The number of carbonyl (C=O) groups is 1. The second-order valence-corrected chi connectivity index (χ2v) is 21.4. The van der Waals surface area contributed by atoms with Crippen LogP contribution in [0.5, 0.6) is 5.75 Å². The number of piperazine rings is 1. The number of anilines is 1. The number of sulfonamides is 1. The highest BCUT2D eigenvalue weighted by Crippen LogP contribution is 2.62. The number of halogens is 1. The summed E-state index contributed by atoms with van der Waals surface area (Å²) < 4.78 is 68.9. The van der Waals surface area contributed by atoms with Crippen LogP contribution in [0.2, 0.25) is 5.02 Å². The Morgan fingerprint density at radius 2 is 1.78 bits per heavy atom. The minimum absolute atomic E-state index is 0.00311. The van der Waals surface area contributed by atoms with E-state index in [1.54, 1.807) is 25.1 Å². The number of hydrogen-bond acceptors (Lipinski definition) is 10. The molecule has 1 N–H and O–H groups in total. The topological polar surface area (TPSA) is 126 Å². The average molecular weight is 815 g/mol. The van der Waals surface area contributed by atoms with Crippen molar-refractivity contribution < 1.29 is 31.1 Å². The highest BCUT2D eigenvalue weighted by molar-refractivity contribution is 7.91. The molecular formula is C41H55ClN4O7S2. The summed E-state index contributed by atoms with van der Waals surface area (Å²) in [5.41, 5.74) is 3.96. The van der Waals surface area contributed by atoms with Gasteiger partial charge in [0.1, 0.15) is 18.0 Å². The zero-order valence-corrected chi connectivity index (χ0v) is 34.6. The number of ether oxygens (including phenoxy) is 2. The Morgan fingerprint density at radius 1 is 0.964 bits per heavy atom. The van der Waals surface area contributed by atoms with E-state index in [0.29, 0.717) is 49.4 Å². The van der Waals surface area contributed by atoms with Gasteiger partial charge in [0.15, 0.2) is 9.84 Å². The Balaban J connectivity index is 1.18. The Kier molecular flexibility index (Phi) is 10.9. The summed E-state index contributed by atoms with van der Waals surface area (Å²) in [6.07, 6.45) is 7.50. The van der Waals surface area contributed by atoms with Crippen LogP contribution in [0.1, 0.15) is 74.4 Å². The largest absolute Gasteiger partial charge is 0.487 e. The Morgan fingerprint density at radius 3 is 2.56 bits per heavy atom. The minimum atomic E-state index is -4.02. The summed E-state index contributed by atoms with van der Waals surface area (Å²) in [6, 6.07) is 11.1. The quantitative estimate of drug-likeness (QED) is 0.420. The van der Waals surface area contributed by atoms with E-state index in [1.807, 2.05) is 32.0 Å². The van der Waals surface area contributed by atoms with Gasteiger partial charge < -0.3 is 14.4 Å². The zero-order valence-electron chi connectivity index (χ0n) is 32.2. The Labute approximate surface area is 331 Å². The van der Waals surface area contributed by atoms with Crippen molar-refractivity contribution in [1.29, 1.82) is 0 Å². The summed E-state index contributed by atoms with van der Waals surface area (Å²) in [5.74, 6) is 0.636. The molecule has 7 atom stereocenters. The lowest BCUT2D eigenvalue weighted by atomic mass is 9.68. The standard InChI is InChI=1S/C41H55ClN4O7S2/c1-4-53-41-35-14-10-31(35)23-45-16-6-5-7-29-21-33(42)12-9-32(29)25-52-38-15-11-30(22-37(38)45)40(47)43-55(50,51)28(3)27(2)8-13-36(41)39(41)46-18-17-44-19-20-54(48,49)26-34(44)24-46/h9,11-13,15,21-22,27-28,31,34-35,39H,4-8,10,14,16-20,23-26H2,1-3H3,(H,43,47)/t27-,28+,31-,34+,35+,39?,41-/m0/s1. The van der Waals surface area contributed by atoms with E-state index in [9.17, 15) is 21.6 Å². The van der Waals surface area contributed by atoms with Gasteiger partial charge in [0.25, 0.3) is 5.91 Å². The number of rotatable bonds is 3. The van der Waals surface area contributed by atoms with E-state index in [-0.39, 0.29) is 41.0 Å². The molecule has 0 radical (unpaired) electrons. The van der Waals surface area contributed by atoms with Gasteiger partial charge >= 0.3 is 0 Å². The lowest BCUT2D eigenvalue weighted by molar-refractivity contribution is -0.0735. The number of amides is 1. The lowest BCUT2D eigenvalue weighted by Gasteiger charge is -2.47. The Hall–Kier alpha value is -2.68. The van der Waals surface area contributed by atoms with Gasteiger partial charge in [-0.25, -0.2) is 21.6 Å². The number of aryl methyl sites for hydroxylation is 1. The summed E-state index contributed by atoms with van der Waals surface area (Å²) >= 11 is 6.41. The van der Waals surface area contributed by atoms with Crippen LogP contribution >= 0.6 is 11.6 Å². The van der Waals surface area contributed by atoms with E-state index < -0.39 is 36.6 Å². The number of nitrogens with zero attached hydrogens (tertiary/aromatic N) is 3. The van der Waals surface area contributed by atoms with Gasteiger partial charge in [0, 0.05) is 62.5 Å². The molecule has 2 saturated carbocycles. The number of carbonyl (C=O) groups excluding carboxylic acids is 1. The molecule has 0 aromatic heterocycles. The van der Waals surface area contributed by atoms with E-state index >= 15 is 0 Å². The third-order valence-electron chi connectivity index (χ3n) is 13.5. The molecule has 2 aromatic carbocycles. The van der Waals surface area contributed by atoms with Gasteiger partial charge in [-0.1, -0.05) is 30.7 Å². The van der Waals surface area contributed by atoms with Crippen LogP contribution in [0, 0.1) is 17.8 Å². The third kappa shape index (κ3) is 7.58. The molecule has 2 bridgehead atoms. The van der Waals surface area contributed by atoms with Crippen LogP contribution < -0.4 is 14.4 Å². The predicted octanol–water partition coefficient (Wildman–Crippen LogP) is 5.07. The number of hydrogen-bond donors (Lipinski definition) is 1. The van der Waals surface area contributed by atoms with Crippen molar-refractivity contribution in [1.82, 2.24) is 14.5 Å². The lowest BCUT2D eigenvalue weighted by Crippen LogP contribution is -2.61. The number of allylic oxidation sites excluding steroid dienone is 1. The minimum Gasteiger partial charge on any atom is -0.487 e. The van der Waals surface area contributed by atoms with Crippen molar-refractivity contribution in [2.45, 2.75) is 88.8 Å². The molecule has 6 aliphatic rings. The van der Waals surface area contributed by atoms with Crippen molar-refractivity contribution in [3.8, 4) is 5.75 Å². The van der Waals surface area contributed by atoms with Gasteiger partial charge in [0.2, 0.25) is 10.0 Å². The van der Waals surface area contributed by atoms with Gasteiger partial charge in [-0.3, -0.25) is 14.6 Å². The molecule has 4 aliphatic heterocycles. The van der Waals surface area contributed by atoms with Gasteiger partial charge in [-0.15, -0.1) is 0 Å². The van der Waals surface area contributed by atoms with E-state index in [4.69, 9.17) is 21.1 Å². The fourth-order valence-corrected chi connectivity index (χ4v) is 13.1. The first-order valence-corrected chi connectivity index (χ1v) is 23.9. The average Bonchev–Trinajstić information content (AvgIpc) is 3.76. The molecule has 1 amide bonds. The van der Waals surface area contributed by atoms with Crippen LogP contribution in [-0.2, 0) is 37.6 Å². The maximum absolute atomic E-state index is 13.7. The first kappa shape index (κ1) is 39.2. The molecule has 11 nitrogen and oxygen atoms in total.